The molecule has 2 aromatic carbocycles. The first-order chi connectivity index (χ1) is 12.1. The summed E-state index contributed by atoms with van der Waals surface area (Å²) in [7, 11) is 0. The Labute approximate surface area is 150 Å². The average Bonchev–Trinajstić information content (AvgIpc) is 3.08. The predicted octanol–water partition coefficient (Wildman–Crippen LogP) is 4.02. The van der Waals surface area contributed by atoms with Crippen LogP contribution in [0.4, 0.5) is 5.69 Å². The van der Waals surface area contributed by atoms with E-state index >= 15 is 0 Å². The Kier molecular flexibility index (Phi) is 5.09. The van der Waals surface area contributed by atoms with Crippen LogP contribution in [0.1, 0.15) is 17.4 Å². The monoisotopic (exact) mass is 353 g/mol. The molecule has 25 heavy (non-hydrogen) atoms. The summed E-state index contributed by atoms with van der Waals surface area (Å²) in [5.74, 6) is -0.432. The highest BCUT2D eigenvalue weighted by atomic mass is 32.2. The predicted molar refractivity (Wildman–Crippen MR) is 101 cm³/mol. The van der Waals surface area contributed by atoms with Crippen LogP contribution in [0.2, 0.25) is 0 Å². The second-order valence-electron chi connectivity index (χ2n) is 5.37. The molecule has 0 saturated heterocycles. The molecule has 0 fully saturated rings. The summed E-state index contributed by atoms with van der Waals surface area (Å²) in [6.07, 6.45) is 2.03. The van der Waals surface area contributed by atoms with Crippen LogP contribution >= 0.6 is 11.8 Å². The third-order valence-electron chi connectivity index (χ3n) is 3.72. The Balaban J connectivity index is 2.10. The number of hydrogen-bond acceptors (Lipinski definition) is 5. The molecule has 0 saturated carbocycles. The molecule has 3 rings (SSSR count). The minimum absolute atomic E-state index is 0.280. The van der Waals surface area contributed by atoms with Gasteiger partial charge in [0.2, 0.25) is 0 Å². The van der Waals surface area contributed by atoms with Crippen molar-refractivity contribution >= 4 is 23.4 Å². The average molecular weight is 353 g/mol. The zero-order chi connectivity index (χ0) is 17.8. The van der Waals surface area contributed by atoms with Gasteiger partial charge in [-0.3, -0.25) is 0 Å². The number of thioether (sulfide) groups is 1. The topological polar surface area (TPSA) is 70.1 Å². The van der Waals surface area contributed by atoms with Crippen molar-refractivity contribution < 1.29 is 9.53 Å². The molecular formula is C19H19N3O2S. The van der Waals surface area contributed by atoms with Gasteiger partial charge in [0.25, 0.3) is 0 Å². The number of aromatic nitrogens is 2. The number of carbonyl (C=O) groups is 1. The van der Waals surface area contributed by atoms with Gasteiger partial charge in [0.15, 0.2) is 5.69 Å². The highest BCUT2D eigenvalue weighted by molar-refractivity contribution is 7.98. The van der Waals surface area contributed by atoms with Crippen LogP contribution in [0.25, 0.3) is 16.9 Å². The Morgan fingerprint density at radius 1 is 1.16 bits per heavy atom. The number of carbonyl (C=O) groups excluding carboxylic acids is 1. The summed E-state index contributed by atoms with van der Waals surface area (Å²) >= 11 is 1.68. The minimum atomic E-state index is -0.432. The van der Waals surface area contributed by atoms with Crippen molar-refractivity contribution in [3.05, 3.63) is 60.3 Å². The Morgan fingerprint density at radius 2 is 1.84 bits per heavy atom. The fourth-order valence-electron chi connectivity index (χ4n) is 2.47. The van der Waals surface area contributed by atoms with Gasteiger partial charge in [0, 0.05) is 16.1 Å². The van der Waals surface area contributed by atoms with E-state index in [9.17, 15) is 4.79 Å². The third kappa shape index (κ3) is 3.69. The molecule has 6 heteroatoms. The van der Waals surface area contributed by atoms with Crippen LogP contribution in [0.5, 0.6) is 0 Å². The van der Waals surface area contributed by atoms with Crippen molar-refractivity contribution in [3.8, 4) is 16.9 Å². The molecule has 0 aliphatic rings. The van der Waals surface area contributed by atoms with E-state index in [1.54, 1.807) is 29.4 Å². The molecule has 0 aliphatic heterocycles. The molecule has 5 nitrogen and oxygen atoms in total. The summed E-state index contributed by atoms with van der Waals surface area (Å²) in [6, 6.07) is 17.2. The van der Waals surface area contributed by atoms with E-state index < -0.39 is 5.97 Å². The molecule has 2 N–H and O–H groups in total. The molecule has 0 radical (unpaired) electrons. The van der Waals surface area contributed by atoms with Gasteiger partial charge in [-0.05, 0) is 55.6 Å². The lowest BCUT2D eigenvalue weighted by Crippen LogP contribution is -2.06. The highest BCUT2D eigenvalue weighted by Gasteiger charge is 2.17. The Hall–Kier alpha value is -2.73. The van der Waals surface area contributed by atoms with Crippen molar-refractivity contribution in [1.82, 2.24) is 9.78 Å². The number of ether oxygens (including phenoxy) is 1. The van der Waals surface area contributed by atoms with E-state index in [1.165, 1.54) is 4.90 Å². The second kappa shape index (κ2) is 7.44. The molecule has 0 aliphatic carbocycles. The normalized spacial score (nSPS) is 10.6. The summed E-state index contributed by atoms with van der Waals surface area (Å²) in [5.41, 5.74) is 9.34. The highest BCUT2D eigenvalue weighted by Crippen LogP contribution is 2.27. The smallest absolute Gasteiger partial charge is 0.358 e. The number of benzene rings is 2. The van der Waals surface area contributed by atoms with Crippen LogP contribution < -0.4 is 5.73 Å². The molecule has 128 valence electrons. The Morgan fingerprint density at radius 3 is 2.44 bits per heavy atom. The first kappa shape index (κ1) is 17.1. The maximum Gasteiger partial charge on any atom is 0.358 e. The van der Waals surface area contributed by atoms with Crippen molar-refractivity contribution in [2.75, 3.05) is 18.6 Å². The van der Waals surface area contributed by atoms with E-state index in [0.29, 0.717) is 12.3 Å². The number of rotatable bonds is 5. The quantitative estimate of drug-likeness (QED) is 0.426. The summed E-state index contributed by atoms with van der Waals surface area (Å²) < 4.78 is 6.82. The maximum atomic E-state index is 12.1. The Bertz CT molecular complexity index is 871. The molecular weight excluding hydrogens is 334 g/mol. The molecule has 1 aromatic heterocycles. The largest absolute Gasteiger partial charge is 0.461 e. The lowest BCUT2D eigenvalue weighted by atomic mass is 10.1. The van der Waals surface area contributed by atoms with Crippen LogP contribution in [-0.2, 0) is 4.74 Å². The SMILES string of the molecule is CCOC(=O)c1cc(-c2ccc(SC)cc2)n(-c2ccc(N)cc2)n1. The van der Waals surface area contributed by atoms with Crippen LogP contribution in [0, 0.1) is 0 Å². The van der Waals surface area contributed by atoms with Gasteiger partial charge in [-0.15, -0.1) is 11.8 Å². The van der Waals surface area contributed by atoms with Crippen molar-refractivity contribution in [1.29, 1.82) is 0 Å². The molecule has 1 heterocycles. The lowest BCUT2D eigenvalue weighted by molar-refractivity contribution is 0.0519. The van der Waals surface area contributed by atoms with Gasteiger partial charge in [-0.2, -0.15) is 5.10 Å². The first-order valence-electron chi connectivity index (χ1n) is 7.90. The van der Waals surface area contributed by atoms with Crippen molar-refractivity contribution in [3.63, 3.8) is 0 Å². The second-order valence-corrected chi connectivity index (χ2v) is 6.25. The molecule has 0 atom stereocenters. The zero-order valence-electron chi connectivity index (χ0n) is 14.1. The minimum Gasteiger partial charge on any atom is -0.461 e. The summed E-state index contributed by atoms with van der Waals surface area (Å²) in [4.78, 5) is 13.3. The van der Waals surface area contributed by atoms with Gasteiger partial charge < -0.3 is 10.5 Å². The third-order valence-corrected chi connectivity index (χ3v) is 4.46. The number of nitrogens with zero attached hydrogens (tertiary/aromatic N) is 2. The van der Waals surface area contributed by atoms with Gasteiger partial charge in [-0.25, -0.2) is 9.48 Å². The van der Waals surface area contributed by atoms with E-state index in [1.807, 2.05) is 54.8 Å². The number of esters is 1. The molecule has 0 unspecified atom stereocenters. The fourth-order valence-corrected chi connectivity index (χ4v) is 2.87. The summed E-state index contributed by atoms with van der Waals surface area (Å²) in [6.45, 7) is 2.09. The van der Waals surface area contributed by atoms with Gasteiger partial charge >= 0.3 is 5.97 Å². The number of anilines is 1. The summed E-state index contributed by atoms with van der Waals surface area (Å²) in [5, 5.41) is 4.44. The standard InChI is InChI=1S/C19H19N3O2S/c1-3-24-19(23)17-12-18(13-4-10-16(25-2)11-5-13)22(21-17)15-8-6-14(20)7-9-15/h4-12H,3,20H2,1-2H3. The van der Waals surface area contributed by atoms with Crippen LogP contribution in [0.3, 0.4) is 0 Å². The van der Waals surface area contributed by atoms with Gasteiger partial charge in [-0.1, -0.05) is 12.1 Å². The number of hydrogen-bond donors (Lipinski definition) is 1. The molecule has 0 amide bonds. The van der Waals surface area contributed by atoms with Crippen LogP contribution in [0.15, 0.2) is 59.5 Å². The zero-order valence-corrected chi connectivity index (χ0v) is 14.9. The fraction of sp³-hybridized carbons (Fsp3) is 0.158. The van der Waals surface area contributed by atoms with Gasteiger partial charge in [0.1, 0.15) is 0 Å². The lowest BCUT2D eigenvalue weighted by Gasteiger charge is -2.08. The van der Waals surface area contributed by atoms with Crippen molar-refractivity contribution in [2.24, 2.45) is 0 Å². The first-order valence-corrected chi connectivity index (χ1v) is 9.12. The van der Waals surface area contributed by atoms with E-state index in [2.05, 4.69) is 5.10 Å². The maximum absolute atomic E-state index is 12.1. The molecule has 3 aromatic rings. The number of nitrogen functional groups attached to an aromatic ring is 1. The van der Waals surface area contributed by atoms with Crippen LogP contribution in [-0.4, -0.2) is 28.6 Å². The number of nitrogens with two attached hydrogens (primary N) is 1. The van der Waals surface area contributed by atoms with Gasteiger partial charge in [0.05, 0.1) is 18.0 Å². The van der Waals surface area contributed by atoms with E-state index in [-0.39, 0.29) is 5.69 Å². The van der Waals surface area contributed by atoms with Crippen molar-refractivity contribution in [2.45, 2.75) is 11.8 Å². The molecule has 0 spiro atoms. The van der Waals surface area contributed by atoms with E-state index in [0.717, 1.165) is 16.9 Å². The molecule has 0 bridgehead atoms. The van der Waals surface area contributed by atoms with E-state index in [4.69, 9.17) is 10.5 Å².